The third kappa shape index (κ3) is 3.40. The van der Waals surface area contributed by atoms with Gasteiger partial charge in [0.05, 0.1) is 0 Å². The summed E-state index contributed by atoms with van der Waals surface area (Å²) in [4.78, 5) is 26.9. The molecule has 1 amide bonds. The van der Waals surface area contributed by atoms with Gasteiger partial charge in [-0.2, -0.15) is 0 Å². The minimum atomic E-state index is -0.599. The van der Waals surface area contributed by atoms with Gasteiger partial charge in [-0.1, -0.05) is 54.1 Å². The normalized spacial score (nSPS) is 18.8. The molecule has 3 heterocycles. The lowest BCUT2D eigenvalue weighted by atomic mass is 9.97. The average Bonchev–Trinajstić information content (AvgIpc) is 2.82. The van der Waals surface area contributed by atoms with Crippen molar-refractivity contribution >= 4 is 17.5 Å². The van der Waals surface area contributed by atoms with Crippen LogP contribution in [0.2, 0.25) is 5.02 Å². The van der Waals surface area contributed by atoms with Crippen molar-refractivity contribution in [2.24, 2.45) is 0 Å². The van der Waals surface area contributed by atoms with E-state index in [0.717, 1.165) is 11.1 Å². The lowest BCUT2D eigenvalue weighted by molar-refractivity contribution is 0.0701. The maximum absolute atomic E-state index is 13.2. The predicted octanol–water partition coefficient (Wildman–Crippen LogP) is 3.30. The third-order valence-electron chi connectivity index (χ3n) is 5.65. The molecule has 2 aromatic carbocycles. The molecule has 32 heavy (non-hydrogen) atoms. The third-order valence-corrected chi connectivity index (χ3v) is 5.88. The van der Waals surface area contributed by atoms with Crippen LogP contribution in [0, 0.1) is 0 Å². The monoisotopic (exact) mass is 449 g/mol. The summed E-state index contributed by atoms with van der Waals surface area (Å²) in [6.45, 7) is 0.854. The van der Waals surface area contributed by atoms with Gasteiger partial charge in [-0.25, -0.2) is 0 Å². The Hall–Kier alpha value is -3.71. The second kappa shape index (κ2) is 8.09. The number of hydrogen-bond donors (Lipinski definition) is 1. The van der Waals surface area contributed by atoms with E-state index < -0.39 is 23.1 Å². The van der Waals surface area contributed by atoms with E-state index >= 15 is 0 Å². The molecule has 2 aliphatic rings. The average molecular weight is 450 g/mol. The molecule has 0 saturated carbocycles. The van der Waals surface area contributed by atoms with Crippen molar-refractivity contribution in [2.45, 2.75) is 6.04 Å². The molecule has 0 spiro atoms. The zero-order chi connectivity index (χ0) is 22.2. The highest BCUT2D eigenvalue weighted by atomic mass is 35.5. The first-order valence-electron chi connectivity index (χ1n) is 10.2. The molecule has 0 saturated heterocycles. The van der Waals surface area contributed by atoms with E-state index in [1.807, 2.05) is 53.6 Å². The topological polar surface area (TPSA) is 75.0 Å². The number of aromatic hydroxyl groups is 1. The van der Waals surface area contributed by atoms with Gasteiger partial charge >= 0.3 is 0 Å². The molecule has 1 atom stereocenters. The summed E-state index contributed by atoms with van der Waals surface area (Å²) >= 11 is 6.28. The molecule has 7 nitrogen and oxygen atoms in total. The first-order valence-corrected chi connectivity index (χ1v) is 10.6. The van der Waals surface area contributed by atoms with Crippen molar-refractivity contribution in [3.05, 3.63) is 105 Å². The SMILES string of the molecule is O=C1c2c(O)c(=O)ccn2N2CN1C/C=C/COc1cc(Cl)ccc1[C@@H]2c1ccccc1. The van der Waals surface area contributed by atoms with Crippen LogP contribution in [0.4, 0.5) is 0 Å². The summed E-state index contributed by atoms with van der Waals surface area (Å²) < 4.78 is 7.61. The molecule has 3 aromatic rings. The Morgan fingerprint density at radius 2 is 1.84 bits per heavy atom. The van der Waals surface area contributed by atoms with E-state index in [2.05, 4.69) is 0 Å². The minimum Gasteiger partial charge on any atom is -0.502 e. The molecular weight excluding hydrogens is 430 g/mol. The van der Waals surface area contributed by atoms with Crippen LogP contribution in [0.3, 0.4) is 0 Å². The van der Waals surface area contributed by atoms with Crippen molar-refractivity contribution in [1.82, 2.24) is 9.58 Å². The van der Waals surface area contributed by atoms with Gasteiger partial charge in [0.2, 0.25) is 5.43 Å². The highest BCUT2D eigenvalue weighted by Crippen LogP contribution is 2.38. The first kappa shape index (κ1) is 20.2. The molecule has 162 valence electrons. The van der Waals surface area contributed by atoms with Crippen molar-refractivity contribution in [3.8, 4) is 11.5 Å². The quantitative estimate of drug-likeness (QED) is 0.577. The van der Waals surface area contributed by atoms with Crippen molar-refractivity contribution < 1.29 is 14.6 Å². The molecule has 2 bridgehead atoms. The van der Waals surface area contributed by atoms with E-state index in [9.17, 15) is 14.7 Å². The van der Waals surface area contributed by atoms with Crippen LogP contribution in [0.25, 0.3) is 0 Å². The van der Waals surface area contributed by atoms with Gasteiger partial charge in [0.1, 0.15) is 25.1 Å². The molecule has 1 aromatic heterocycles. The van der Waals surface area contributed by atoms with Crippen LogP contribution in [0.15, 0.2) is 77.7 Å². The molecular formula is C24H20ClN3O4. The Bertz CT molecular complexity index is 1270. The summed E-state index contributed by atoms with van der Waals surface area (Å²) in [5.41, 5.74) is 1.13. The lowest BCUT2D eigenvalue weighted by Crippen LogP contribution is -2.55. The highest BCUT2D eigenvalue weighted by molar-refractivity contribution is 6.30. The zero-order valence-electron chi connectivity index (χ0n) is 17.0. The van der Waals surface area contributed by atoms with Crippen LogP contribution >= 0.6 is 11.6 Å². The molecule has 0 radical (unpaired) electrons. The molecule has 8 heteroatoms. The number of amides is 1. The summed E-state index contributed by atoms with van der Waals surface area (Å²) in [7, 11) is 0. The van der Waals surface area contributed by atoms with Gasteiger partial charge in [-0.05, 0) is 23.8 Å². The number of carbonyl (C=O) groups excluding carboxylic acids is 1. The lowest BCUT2D eigenvalue weighted by Gasteiger charge is -2.43. The maximum atomic E-state index is 13.2. The predicted molar refractivity (Wildman–Crippen MR) is 121 cm³/mol. The molecule has 0 aliphatic carbocycles. The first-order chi connectivity index (χ1) is 15.5. The molecule has 1 N–H and O–H groups in total. The van der Waals surface area contributed by atoms with Gasteiger partial charge in [0, 0.05) is 29.4 Å². The number of fused-ring (bicyclic) bond motifs is 5. The Kier molecular flexibility index (Phi) is 5.11. The van der Waals surface area contributed by atoms with E-state index in [1.54, 1.807) is 21.7 Å². The summed E-state index contributed by atoms with van der Waals surface area (Å²) in [5.74, 6) is -0.358. The van der Waals surface area contributed by atoms with Crippen molar-refractivity contribution in [1.29, 1.82) is 0 Å². The molecule has 2 aliphatic heterocycles. The summed E-state index contributed by atoms with van der Waals surface area (Å²) in [6.07, 6.45) is 5.18. The largest absolute Gasteiger partial charge is 0.502 e. The van der Waals surface area contributed by atoms with Gasteiger partial charge in [0.15, 0.2) is 11.4 Å². The summed E-state index contributed by atoms with van der Waals surface area (Å²) in [5, 5.41) is 13.0. The fraction of sp³-hybridized carbons (Fsp3) is 0.167. The summed E-state index contributed by atoms with van der Waals surface area (Å²) in [6, 6.07) is 16.1. The Balaban J connectivity index is 1.80. The fourth-order valence-corrected chi connectivity index (χ4v) is 4.31. The van der Waals surface area contributed by atoms with Gasteiger partial charge in [-0.3, -0.25) is 19.3 Å². The van der Waals surface area contributed by atoms with E-state index in [0.29, 0.717) is 23.9 Å². The number of halogens is 1. The Labute approximate surface area is 189 Å². The number of pyridine rings is 1. The smallest absolute Gasteiger partial charge is 0.278 e. The van der Waals surface area contributed by atoms with Crippen LogP contribution in [-0.2, 0) is 0 Å². The van der Waals surface area contributed by atoms with Crippen LogP contribution < -0.4 is 15.2 Å². The number of ether oxygens (including phenoxy) is 1. The van der Waals surface area contributed by atoms with Gasteiger partial charge in [0.25, 0.3) is 5.91 Å². The number of carbonyl (C=O) groups is 1. The fourth-order valence-electron chi connectivity index (χ4n) is 4.15. The van der Waals surface area contributed by atoms with Gasteiger partial charge in [-0.15, -0.1) is 0 Å². The van der Waals surface area contributed by atoms with Crippen molar-refractivity contribution in [3.63, 3.8) is 0 Å². The second-order valence-corrected chi connectivity index (χ2v) is 8.04. The maximum Gasteiger partial charge on any atom is 0.278 e. The highest BCUT2D eigenvalue weighted by Gasteiger charge is 2.37. The number of aromatic nitrogens is 1. The standard InChI is InChI=1S/C24H20ClN3O4/c25-17-8-9-18-20(14-17)32-13-5-4-11-26-15-28(21(18)16-6-2-1-3-7-16)27-12-10-19(29)23(30)22(27)24(26)31/h1-10,12,14,21,30H,11,13,15H2/b5-4+/t21-/m0/s1. The minimum absolute atomic E-state index is 0.0613. The van der Waals surface area contributed by atoms with E-state index in [1.165, 1.54) is 12.3 Å². The van der Waals surface area contributed by atoms with Crippen molar-refractivity contribution in [2.75, 3.05) is 24.8 Å². The Morgan fingerprint density at radius 1 is 1.03 bits per heavy atom. The van der Waals surface area contributed by atoms with Crippen LogP contribution in [0.1, 0.15) is 27.7 Å². The number of benzene rings is 2. The molecule has 0 fully saturated rings. The number of hydrogen-bond acceptors (Lipinski definition) is 5. The number of nitrogens with zero attached hydrogens (tertiary/aromatic N) is 3. The van der Waals surface area contributed by atoms with Crippen LogP contribution in [-0.4, -0.2) is 40.4 Å². The molecule has 0 unspecified atom stereocenters. The van der Waals surface area contributed by atoms with Gasteiger partial charge < -0.3 is 14.7 Å². The number of rotatable bonds is 1. The van der Waals surface area contributed by atoms with E-state index in [-0.39, 0.29) is 12.4 Å². The van der Waals surface area contributed by atoms with E-state index in [4.69, 9.17) is 16.3 Å². The molecule has 5 rings (SSSR count). The second-order valence-electron chi connectivity index (χ2n) is 7.61. The van der Waals surface area contributed by atoms with Crippen LogP contribution in [0.5, 0.6) is 11.5 Å². The zero-order valence-corrected chi connectivity index (χ0v) is 17.8. The Morgan fingerprint density at radius 3 is 2.66 bits per heavy atom.